The predicted octanol–water partition coefficient (Wildman–Crippen LogP) is 1.92. The highest BCUT2D eigenvalue weighted by atomic mass is 35.5. The zero-order chi connectivity index (χ0) is 21.7. The Labute approximate surface area is 189 Å². The van der Waals surface area contributed by atoms with Crippen molar-refractivity contribution >= 4 is 58.3 Å². The van der Waals surface area contributed by atoms with Crippen LogP contribution < -0.4 is 10.6 Å². The highest BCUT2D eigenvalue weighted by molar-refractivity contribution is 7.80. The molecule has 2 amide bonds. The predicted molar refractivity (Wildman–Crippen MR) is 115 cm³/mol. The van der Waals surface area contributed by atoms with E-state index in [4.69, 9.17) is 44.9 Å². The quantitative estimate of drug-likeness (QED) is 0.497. The van der Waals surface area contributed by atoms with E-state index in [0.29, 0.717) is 24.7 Å². The first-order valence-electron chi connectivity index (χ1n) is 9.47. The smallest absolute Gasteiger partial charge is 0.308 e. The normalized spacial score (nSPS) is 21.1. The lowest BCUT2D eigenvalue weighted by Gasteiger charge is -2.36. The molecule has 0 aliphatic carbocycles. The number of rotatable bonds is 5. The number of hydrogen-bond donors (Lipinski definition) is 2. The number of piperazine rings is 1. The van der Waals surface area contributed by atoms with E-state index in [1.54, 1.807) is 0 Å². The van der Waals surface area contributed by atoms with Gasteiger partial charge in [0.15, 0.2) is 5.11 Å². The van der Waals surface area contributed by atoms with Gasteiger partial charge in [-0.15, -0.1) is 0 Å². The van der Waals surface area contributed by atoms with E-state index in [1.807, 2.05) is 0 Å². The molecule has 0 bridgehead atoms. The van der Waals surface area contributed by atoms with Crippen molar-refractivity contribution in [1.82, 2.24) is 15.5 Å². The lowest BCUT2D eigenvalue weighted by molar-refractivity contribution is -0.150. The fraction of sp³-hybridized carbons (Fsp3) is 0.474. The minimum Gasteiger partial charge on any atom is -0.463 e. The molecule has 0 aromatic heterocycles. The van der Waals surface area contributed by atoms with E-state index >= 15 is 0 Å². The summed E-state index contributed by atoms with van der Waals surface area (Å²) in [5.41, 5.74) is 0.192. The second kappa shape index (κ2) is 10.4. The number of nitrogens with one attached hydrogen (secondary N) is 2. The van der Waals surface area contributed by atoms with Crippen molar-refractivity contribution in [3.8, 4) is 0 Å². The Hall–Kier alpha value is -1.94. The molecule has 3 rings (SSSR count). The maximum atomic E-state index is 12.5. The van der Waals surface area contributed by atoms with Crippen LogP contribution in [-0.2, 0) is 19.1 Å². The third-order valence-corrected chi connectivity index (χ3v) is 5.69. The molecule has 2 N–H and O–H groups in total. The fourth-order valence-corrected chi connectivity index (χ4v) is 4.05. The second-order valence-electron chi connectivity index (χ2n) is 6.91. The van der Waals surface area contributed by atoms with E-state index in [0.717, 1.165) is 12.8 Å². The van der Waals surface area contributed by atoms with Gasteiger partial charge in [-0.05, 0) is 43.3 Å². The molecule has 1 aromatic rings. The van der Waals surface area contributed by atoms with E-state index in [9.17, 15) is 14.4 Å². The molecule has 2 unspecified atom stereocenters. The van der Waals surface area contributed by atoms with Crippen LogP contribution in [0.4, 0.5) is 0 Å². The molecule has 2 fully saturated rings. The molecular formula is C19H21Cl2N3O5S. The van der Waals surface area contributed by atoms with Gasteiger partial charge in [0.1, 0.15) is 12.6 Å². The van der Waals surface area contributed by atoms with Gasteiger partial charge in [0.05, 0.1) is 23.1 Å². The Bertz CT molecular complexity index is 847. The van der Waals surface area contributed by atoms with Crippen molar-refractivity contribution in [2.24, 2.45) is 0 Å². The maximum absolute atomic E-state index is 12.5. The van der Waals surface area contributed by atoms with Crippen molar-refractivity contribution in [2.75, 3.05) is 26.3 Å². The number of ether oxygens (including phenoxy) is 2. The summed E-state index contributed by atoms with van der Waals surface area (Å²) < 4.78 is 10.7. The molecular weight excluding hydrogens is 453 g/mol. The maximum Gasteiger partial charge on any atom is 0.308 e. The number of halogens is 2. The van der Waals surface area contributed by atoms with Crippen LogP contribution in [-0.4, -0.2) is 66.2 Å². The Kier molecular flexibility index (Phi) is 7.87. The van der Waals surface area contributed by atoms with Crippen LogP contribution in [0.15, 0.2) is 18.2 Å². The zero-order valence-corrected chi connectivity index (χ0v) is 18.3. The van der Waals surface area contributed by atoms with E-state index in [-0.39, 0.29) is 40.7 Å². The summed E-state index contributed by atoms with van der Waals surface area (Å²) in [7, 11) is 0. The first-order chi connectivity index (χ1) is 14.3. The van der Waals surface area contributed by atoms with Gasteiger partial charge in [0, 0.05) is 24.7 Å². The summed E-state index contributed by atoms with van der Waals surface area (Å²) in [5, 5.41) is 5.86. The minimum absolute atomic E-state index is 0.0257. The van der Waals surface area contributed by atoms with Crippen LogP contribution in [0.3, 0.4) is 0 Å². The zero-order valence-electron chi connectivity index (χ0n) is 16.0. The van der Waals surface area contributed by atoms with Gasteiger partial charge in [0.25, 0.3) is 5.91 Å². The van der Waals surface area contributed by atoms with E-state index in [1.165, 1.54) is 23.1 Å². The molecule has 2 aliphatic heterocycles. The lowest BCUT2D eigenvalue weighted by atomic mass is 10.1. The molecule has 11 heteroatoms. The van der Waals surface area contributed by atoms with Gasteiger partial charge >= 0.3 is 5.97 Å². The van der Waals surface area contributed by atoms with Crippen LogP contribution in [0.1, 0.15) is 29.6 Å². The van der Waals surface area contributed by atoms with Crippen LogP contribution in [0.2, 0.25) is 10.0 Å². The van der Waals surface area contributed by atoms with E-state index < -0.39 is 17.9 Å². The average molecular weight is 474 g/mol. The highest BCUT2D eigenvalue weighted by Gasteiger charge is 2.34. The van der Waals surface area contributed by atoms with Crippen LogP contribution in [0, 0.1) is 0 Å². The third-order valence-electron chi connectivity index (χ3n) is 4.80. The number of carbonyl (C=O) groups excluding carboxylic acids is 3. The van der Waals surface area contributed by atoms with Gasteiger partial charge in [-0.25, -0.2) is 0 Å². The van der Waals surface area contributed by atoms with Gasteiger partial charge in [0.2, 0.25) is 5.91 Å². The molecule has 30 heavy (non-hydrogen) atoms. The Morgan fingerprint density at radius 2 is 2.17 bits per heavy atom. The first kappa shape index (κ1) is 22.7. The Balaban J connectivity index is 1.61. The number of amides is 2. The van der Waals surface area contributed by atoms with Crippen LogP contribution in [0.5, 0.6) is 0 Å². The molecule has 162 valence electrons. The van der Waals surface area contributed by atoms with Crippen LogP contribution >= 0.6 is 35.4 Å². The van der Waals surface area contributed by atoms with Crippen molar-refractivity contribution in [1.29, 1.82) is 0 Å². The van der Waals surface area contributed by atoms with Gasteiger partial charge < -0.3 is 19.7 Å². The molecule has 2 aliphatic rings. The summed E-state index contributed by atoms with van der Waals surface area (Å²) in [4.78, 5) is 38.7. The van der Waals surface area contributed by atoms with Crippen LogP contribution in [0.25, 0.3) is 0 Å². The number of esters is 1. The van der Waals surface area contributed by atoms with Crippen molar-refractivity contribution in [3.05, 3.63) is 33.8 Å². The molecule has 0 saturated carbocycles. The van der Waals surface area contributed by atoms with Gasteiger partial charge in [-0.2, -0.15) is 0 Å². The molecule has 0 spiro atoms. The Morgan fingerprint density at radius 3 is 2.87 bits per heavy atom. The molecule has 0 radical (unpaired) electrons. The van der Waals surface area contributed by atoms with Gasteiger partial charge in [-0.1, -0.05) is 23.2 Å². The number of hydrogen-bond acceptors (Lipinski definition) is 6. The Morgan fingerprint density at radius 1 is 1.37 bits per heavy atom. The molecule has 2 heterocycles. The van der Waals surface area contributed by atoms with E-state index in [2.05, 4.69) is 10.6 Å². The highest BCUT2D eigenvalue weighted by Crippen LogP contribution is 2.21. The third kappa shape index (κ3) is 5.81. The fourth-order valence-electron chi connectivity index (χ4n) is 3.25. The summed E-state index contributed by atoms with van der Waals surface area (Å²) >= 11 is 17.2. The SMILES string of the molecule is O=C(CC1C(=O)NCCN1C(=S)NC(=O)c1ccc(Cl)cc1Cl)OCC1CCCO1. The van der Waals surface area contributed by atoms with Crippen molar-refractivity contribution in [3.63, 3.8) is 0 Å². The molecule has 2 atom stereocenters. The number of nitrogens with zero attached hydrogens (tertiary/aromatic N) is 1. The summed E-state index contributed by atoms with van der Waals surface area (Å²) in [6.07, 6.45) is 1.48. The molecule has 2 saturated heterocycles. The standard InChI is InChI=1S/C19H21Cl2N3O5S/c20-11-3-4-13(14(21)8-11)17(26)23-19(30)24-6-5-22-18(27)15(24)9-16(25)29-10-12-2-1-7-28-12/h3-4,8,12,15H,1-2,5-7,9-10H2,(H,22,27)(H,23,26,30). The average Bonchev–Trinajstić information content (AvgIpc) is 3.21. The van der Waals surface area contributed by atoms with Crippen molar-refractivity contribution < 1.29 is 23.9 Å². The number of thiocarbonyl (C=S) groups is 1. The second-order valence-corrected chi connectivity index (χ2v) is 8.14. The molecule has 1 aromatic carbocycles. The largest absolute Gasteiger partial charge is 0.463 e. The summed E-state index contributed by atoms with van der Waals surface area (Å²) in [6.45, 7) is 1.48. The minimum atomic E-state index is -0.885. The number of carbonyl (C=O) groups is 3. The number of benzene rings is 1. The topological polar surface area (TPSA) is 97.0 Å². The van der Waals surface area contributed by atoms with Gasteiger partial charge in [-0.3, -0.25) is 19.7 Å². The monoisotopic (exact) mass is 473 g/mol. The molecule has 8 nitrogen and oxygen atoms in total. The van der Waals surface area contributed by atoms with Crippen molar-refractivity contribution in [2.45, 2.75) is 31.4 Å². The summed E-state index contributed by atoms with van der Waals surface area (Å²) in [6, 6.07) is 3.57. The summed E-state index contributed by atoms with van der Waals surface area (Å²) in [5.74, 6) is -1.43. The first-order valence-corrected chi connectivity index (χ1v) is 10.6. The lowest BCUT2D eigenvalue weighted by Crippen LogP contribution is -2.60.